The fourth-order valence-electron chi connectivity index (χ4n) is 1.19. The van der Waals surface area contributed by atoms with Gasteiger partial charge in [0.15, 0.2) is 11.5 Å². The van der Waals surface area contributed by atoms with Crippen molar-refractivity contribution in [2.45, 2.75) is 0 Å². The number of benzene rings is 1. The van der Waals surface area contributed by atoms with E-state index in [0.29, 0.717) is 23.0 Å². The molecule has 1 aromatic carbocycles. The number of hydrogen-bond acceptors (Lipinski definition) is 3. The Kier molecular flexibility index (Phi) is 2.45. The number of nitrogens with zero attached hydrogens (tertiary/aromatic N) is 1. The number of hydrogen-bond donors (Lipinski definition) is 1. The number of fused-ring (bicyclic) bond motifs is 1. The first-order chi connectivity index (χ1) is 6.81. The predicted octanol–water partition coefficient (Wildman–Crippen LogP) is 1.64. The maximum Gasteiger partial charge on any atom is 0.231 e. The van der Waals surface area contributed by atoms with Crippen LogP contribution in [0.3, 0.4) is 0 Å². The molecular weight excluding hydrogens is 204 g/mol. The van der Waals surface area contributed by atoms with E-state index in [-0.39, 0.29) is 12.7 Å². The highest BCUT2D eigenvalue weighted by atomic mass is 35.5. The summed E-state index contributed by atoms with van der Waals surface area (Å²) in [6.07, 6.45) is 0. The molecule has 0 aliphatic carbocycles. The normalized spacial score (nSPS) is 14.5. The first-order valence-electron chi connectivity index (χ1n) is 4.09. The fraction of sp³-hybridized carbons (Fsp3) is 0.222. The Balaban J connectivity index is 2.40. The van der Waals surface area contributed by atoms with E-state index in [1.165, 1.54) is 0 Å². The van der Waals surface area contributed by atoms with Crippen LogP contribution in [0, 0.1) is 0 Å². The van der Waals surface area contributed by atoms with Gasteiger partial charge in [-0.15, -0.1) is 11.6 Å². The van der Waals surface area contributed by atoms with Crippen LogP contribution in [0.1, 0.15) is 0 Å². The van der Waals surface area contributed by atoms with Gasteiger partial charge in [-0.05, 0) is 12.1 Å². The van der Waals surface area contributed by atoms with Crippen molar-refractivity contribution in [2.75, 3.05) is 12.7 Å². The van der Waals surface area contributed by atoms with Crippen LogP contribution in [-0.2, 0) is 0 Å². The zero-order valence-corrected chi connectivity index (χ0v) is 8.12. The average molecular weight is 213 g/mol. The van der Waals surface area contributed by atoms with E-state index in [9.17, 15) is 0 Å². The Morgan fingerprint density at radius 3 is 3.14 bits per heavy atom. The maximum atomic E-state index is 5.52. The number of alkyl halides is 1. The van der Waals surface area contributed by atoms with Crippen molar-refractivity contribution in [3.8, 4) is 11.5 Å². The molecule has 0 aromatic heterocycles. The standard InChI is InChI=1S/C9H9ClN2O2/c10-4-8(11)12-6-2-1-3-7-9(6)14-5-13-7/h1-3H,4-5H2,(H2,11,12). The minimum absolute atomic E-state index is 0.199. The molecule has 2 rings (SSSR count). The van der Waals surface area contributed by atoms with Gasteiger partial charge in [0.05, 0.1) is 5.88 Å². The van der Waals surface area contributed by atoms with E-state index in [4.69, 9.17) is 26.8 Å². The molecule has 1 heterocycles. The molecule has 1 aromatic rings. The maximum absolute atomic E-state index is 5.52. The lowest BCUT2D eigenvalue weighted by Crippen LogP contribution is -2.12. The molecule has 0 radical (unpaired) electrons. The third-order valence-electron chi connectivity index (χ3n) is 1.78. The van der Waals surface area contributed by atoms with E-state index in [2.05, 4.69) is 4.99 Å². The van der Waals surface area contributed by atoms with Crippen LogP contribution in [0.4, 0.5) is 5.69 Å². The summed E-state index contributed by atoms with van der Waals surface area (Å²) < 4.78 is 10.4. The minimum atomic E-state index is 0.199. The summed E-state index contributed by atoms with van der Waals surface area (Å²) in [5, 5.41) is 0. The molecule has 0 saturated heterocycles. The summed E-state index contributed by atoms with van der Waals surface area (Å²) in [7, 11) is 0. The third kappa shape index (κ3) is 1.61. The summed E-state index contributed by atoms with van der Waals surface area (Å²) >= 11 is 5.52. The van der Waals surface area contributed by atoms with E-state index in [1.54, 1.807) is 6.07 Å². The number of ether oxygens (including phenoxy) is 2. The van der Waals surface area contributed by atoms with Crippen LogP contribution in [0.5, 0.6) is 11.5 Å². The summed E-state index contributed by atoms with van der Waals surface area (Å²) in [4.78, 5) is 4.11. The molecule has 2 N–H and O–H groups in total. The van der Waals surface area contributed by atoms with E-state index in [0.717, 1.165) is 0 Å². The second-order valence-corrected chi connectivity index (χ2v) is 3.01. The fourth-order valence-corrected chi connectivity index (χ4v) is 1.25. The van der Waals surface area contributed by atoms with Crippen LogP contribution in [0.25, 0.3) is 0 Å². The first-order valence-corrected chi connectivity index (χ1v) is 4.62. The molecular formula is C9H9ClN2O2. The van der Waals surface area contributed by atoms with Crippen molar-refractivity contribution in [1.29, 1.82) is 0 Å². The van der Waals surface area contributed by atoms with Crippen molar-refractivity contribution < 1.29 is 9.47 Å². The zero-order chi connectivity index (χ0) is 9.97. The van der Waals surface area contributed by atoms with Crippen LogP contribution in [0.15, 0.2) is 23.2 Å². The Bertz CT molecular complexity index is 379. The molecule has 0 bridgehead atoms. The molecule has 0 spiro atoms. The van der Waals surface area contributed by atoms with Gasteiger partial charge in [0, 0.05) is 0 Å². The van der Waals surface area contributed by atoms with Crippen LogP contribution >= 0.6 is 11.6 Å². The van der Waals surface area contributed by atoms with Gasteiger partial charge >= 0.3 is 0 Å². The number of halogens is 1. The Labute approximate surface area is 86.3 Å². The van der Waals surface area contributed by atoms with Crippen molar-refractivity contribution >= 4 is 23.1 Å². The highest BCUT2D eigenvalue weighted by molar-refractivity contribution is 6.28. The van der Waals surface area contributed by atoms with Crippen molar-refractivity contribution in [1.82, 2.24) is 0 Å². The molecule has 0 amide bonds. The molecule has 74 valence electrons. The molecule has 0 fully saturated rings. The van der Waals surface area contributed by atoms with Gasteiger partial charge < -0.3 is 15.2 Å². The lowest BCUT2D eigenvalue weighted by molar-refractivity contribution is 0.174. The van der Waals surface area contributed by atoms with Gasteiger partial charge in [-0.2, -0.15) is 0 Å². The average Bonchev–Trinajstić information content (AvgIpc) is 2.66. The van der Waals surface area contributed by atoms with Crippen LogP contribution < -0.4 is 15.2 Å². The van der Waals surface area contributed by atoms with E-state index in [1.807, 2.05) is 12.1 Å². The van der Waals surface area contributed by atoms with Gasteiger partial charge in [-0.3, -0.25) is 0 Å². The quantitative estimate of drug-likeness (QED) is 0.461. The summed E-state index contributed by atoms with van der Waals surface area (Å²) in [5.41, 5.74) is 6.17. The topological polar surface area (TPSA) is 56.8 Å². The number of amidine groups is 1. The largest absolute Gasteiger partial charge is 0.454 e. The number of para-hydroxylation sites is 1. The van der Waals surface area contributed by atoms with Crippen LogP contribution in [-0.4, -0.2) is 18.5 Å². The van der Waals surface area contributed by atoms with Gasteiger partial charge in [-0.25, -0.2) is 4.99 Å². The molecule has 5 heteroatoms. The molecule has 4 nitrogen and oxygen atoms in total. The van der Waals surface area contributed by atoms with Crippen molar-refractivity contribution in [3.05, 3.63) is 18.2 Å². The molecule has 14 heavy (non-hydrogen) atoms. The van der Waals surface area contributed by atoms with Gasteiger partial charge in [0.1, 0.15) is 11.5 Å². The Hall–Kier alpha value is -1.42. The zero-order valence-electron chi connectivity index (χ0n) is 7.37. The van der Waals surface area contributed by atoms with E-state index < -0.39 is 0 Å². The first kappa shape index (κ1) is 9.15. The second kappa shape index (κ2) is 3.75. The number of rotatable bonds is 2. The lowest BCUT2D eigenvalue weighted by atomic mass is 10.3. The summed E-state index contributed by atoms with van der Waals surface area (Å²) in [5.74, 6) is 1.87. The third-order valence-corrected chi connectivity index (χ3v) is 2.05. The predicted molar refractivity (Wildman–Crippen MR) is 54.6 cm³/mol. The molecule has 1 aliphatic rings. The van der Waals surface area contributed by atoms with E-state index >= 15 is 0 Å². The SMILES string of the molecule is NC(CCl)=Nc1cccc2c1OCO2. The molecule has 0 saturated carbocycles. The van der Waals surface area contributed by atoms with Crippen molar-refractivity contribution in [3.63, 3.8) is 0 Å². The Morgan fingerprint density at radius 2 is 2.36 bits per heavy atom. The molecule has 0 atom stereocenters. The highest BCUT2D eigenvalue weighted by Gasteiger charge is 2.16. The highest BCUT2D eigenvalue weighted by Crippen LogP contribution is 2.40. The monoisotopic (exact) mass is 212 g/mol. The summed E-state index contributed by atoms with van der Waals surface area (Å²) in [6, 6.07) is 5.44. The number of nitrogens with two attached hydrogens (primary N) is 1. The minimum Gasteiger partial charge on any atom is -0.454 e. The van der Waals surface area contributed by atoms with Gasteiger partial charge in [0.2, 0.25) is 6.79 Å². The second-order valence-electron chi connectivity index (χ2n) is 2.75. The Morgan fingerprint density at radius 1 is 1.50 bits per heavy atom. The van der Waals surface area contributed by atoms with Gasteiger partial charge in [0.25, 0.3) is 0 Å². The number of aliphatic imine (C=N–C) groups is 1. The van der Waals surface area contributed by atoms with Gasteiger partial charge in [-0.1, -0.05) is 6.07 Å². The van der Waals surface area contributed by atoms with Crippen molar-refractivity contribution in [2.24, 2.45) is 10.7 Å². The lowest BCUT2D eigenvalue weighted by Gasteiger charge is -2.00. The molecule has 1 aliphatic heterocycles. The smallest absolute Gasteiger partial charge is 0.231 e. The summed E-state index contributed by atoms with van der Waals surface area (Å²) in [6.45, 7) is 0.225. The van der Waals surface area contributed by atoms with Crippen LogP contribution in [0.2, 0.25) is 0 Å². The molecule has 0 unspecified atom stereocenters.